The van der Waals surface area contributed by atoms with Gasteiger partial charge in [0.05, 0.1) is 5.69 Å². The number of nitrogens with one attached hydrogen (secondary N) is 1. The predicted molar refractivity (Wildman–Crippen MR) is 83.0 cm³/mol. The van der Waals surface area contributed by atoms with E-state index < -0.39 is 0 Å². The monoisotopic (exact) mass is 282 g/mol. The molecule has 0 amide bonds. The average Bonchev–Trinajstić information content (AvgIpc) is 2.96. The molecule has 2 N–H and O–H groups in total. The molecular weight excluding hydrogens is 268 g/mol. The molecule has 1 aromatic heterocycles. The third kappa shape index (κ3) is 2.81. The van der Waals surface area contributed by atoms with Gasteiger partial charge in [0.15, 0.2) is 5.13 Å². The number of anilines is 1. The van der Waals surface area contributed by atoms with Crippen molar-refractivity contribution >= 4 is 16.5 Å². The summed E-state index contributed by atoms with van der Waals surface area (Å²) in [5, 5.41) is 15.8. The zero-order valence-electron chi connectivity index (χ0n) is 10.8. The van der Waals surface area contributed by atoms with E-state index in [4.69, 9.17) is 0 Å². The highest BCUT2D eigenvalue weighted by Crippen LogP contribution is 2.25. The largest absolute Gasteiger partial charge is 0.508 e. The first kappa shape index (κ1) is 12.7. The van der Waals surface area contributed by atoms with Gasteiger partial charge in [-0.2, -0.15) is 0 Å². The molecule has 100 valence electrons. The van der Waals surface area contributed by atoms with Crippen LogP contribution < -0.4 is 5.32 Å². The molecule has 3 rings (SSSR count). The maximum atomic E-state index is 9.71. The lowest BCUT2D eigenvalue weighted by atomic mass is 10.2. The minimum Gasteiger partial charge on any atom is -0.508 e. The fraction of sp³-hybridized carbons (Fsp3) is 0.0625. The molecule has 0 spiro atoms. The summed E-state index contributed by atoms with van der Waals surface area (Å²) in [5.41, 5.74) is 2.94. The number of para-hydroxylation sites is 1. The Hall–Kier alpha value is -2.33. The molecule has 0 atom stereocenters. The number of hydrogen-bond acceptors (Lipinski definition) is 4. The maximum Gasteiger partial charge on any atom is 0.183 e. The normalized spacial score (nSPS) is 10.4. The highest BCUT2D eigenvalue weighted by Gasteiger charge is 2.05. The van der Waals surface area contributed by atoms with Gasteiger partial charge in [-0.3, -0.25) is 0 Å². The van der Waals surface area contributed by atoms with Gasteiger partial charge in [0.25, 0.3) is 0 Å². The Morgan fingerprint density at radius 3 is 2.55 bits per heavy atom. The first-order valence-corrected chi connectivity index (χ1v) is 7.22. The molecule has 1 heterocycles. The molecule has 0 aliphatic carbocycles. The van der Waals surface area contributed by atoms with Crippen LogP contribution in [0.4, 0.5) is 5.13 Å². The summed E-state index contributed by atoms with van der Waals surface area (Å²) in [6.07, 6.45) is 0. The van der Waals surface area contributed by atoms with Crippen LogP contribution in [0, 0.1) is 0 Å². The van der Waals surface area contributed by atoms with Crippen molar-refractivity contribution < 1.29 is 5.11 Å². The molecule has 2 aromatic carbocycles. The molecule has 0 radical (unpaired) electrons. The smallest absolute Gasteiger partial charge is 0.183 e. The van der Waals surface area contributed by atoms with Crippen LogP contribution in [0.2, 0.25) is 0 Å². The minimum atomic E-state index is 0.305. The number of thiazole rings is 1. The molecule has 3 nitrogen and oxygen atoms in total. The van der Waals surface area contributed by atoms with E-state index in [0.717, 1.165) is 22.0 Å². The highest BCUT2D eigenvalue weighted by molar-refractivity contribution is 7.14. The molecule has 0 fully saturated rings. The Morgan fingerprint density at radius 1 is 1.00 bits per heavy atom. The molecule has 0 aliphatic rings. The fourth-order valence-corrected chi connectivity index (χ4v) is 2.65. The van der Waals surface area contributed by atoms with E-state index in [2.05, 4.69) is 10.3 Å². The number of aromatic hydroxyl groups is 1. The minimum absolute atomic E-state index is 0.305. The Labute approximate surface area is 121 Å². The van der Waals surface area contributed by atoms with E-state index in [-0.39, 0.29) is 0 Å². The van der Waals surface area contributed by atoms with Crippen molar-refractivity contribution in [1.29, 1.82) is 0 Å². The topological polar surface area (TPSA) is 45.1 Å². The van der Waals surface area contributed by atoms with Gasteiger partial charge in [-0.15, -0.1) is 11.3 Å². The van der Waals surface area contributed by atoms with Gasteiger partial charge in [0, 0.05) is 23.1 Å². The molecule has 0 unspecified atom stereocenters. The molecular formula is C16H14N2OS. The molecule has 0 bridgehead atoms. The molecule has 3 aromatic rings. The van der Waals surface area contributed by atoms with Crippen LogP contribution in [0.3, 0.4) is 0 Å². The second kappa shape index (κ2) is 5.75. The second-order valence-corrected chi connectivity index (χ2v) is 5.24. The Morgan fingerprint density at radius 2 is 1.75 bits per heavy atom. The maximum absolute atomic E-state index is 9.71. The summed E-state index contributed by atoms with van der Waals surface area (Å²) < 4.78 is 0. The summed E-state index contributed by atoms with van der Waals surface area (Å²) in [6.45, 7) is 0.564. The number of aromatic nitrogens is 1. The van der Waals surface area contributed by atoms with Gasteiger partial charge in [0.1, 0.15) is 5.75 Å². The number of nitrogens with zero attached hydrogens (tertiary/aromatic N) is 1. The number of hydrogen-bond donors (Lipinski definition) is 2. The SMILES string of the molecule is Oc1ccccc1CNc1nc(-c2ccccc2)cs1. The van der Waals surface area contributed by atoms with E-state index in [1.807, 2.05) is 53.9 Å². The van der Waals surface area contributed by atoms with E-state index >= 15 is 0 Å². The summed E-state index contributed by atoms with van der Waals surface area (Å²) in [4.78, 5) is 4.55. The van der Waals surface area contributed by atoms with E-state index in [0.29, 0.717) is 12.3 Å². The lowest BCUT2D eigenvalue weighted by Gasteiger charge is -2.04. The van der Waals surface area contributed by atoms with Crippen molar-refractivity contribution in [3.8, 4) is 17.0 Å². The number of phenols is 1. The summed E-state index contributed by atoms with van der Waals surface area (Å²) in [6, 6.07) is 17.4. The number of rotatable bonds is 4. The quantitative estimate of drug-likeness (QED) is 0.756. The molecule has 0 saturated carbocycles. The van der Waals surface area contributed by atoms with Crippen LogP contribution in [-0.2, 0) is 6.54 Å². The Kier molecular flexibility index (Phi) is 3.65. The van der Waals surface area contributed by atoms with Crippen LogP contribution in [0.1, 0.15) is 5.56 Å². The fourth-order valence-electron chi connectivity index (χ4n) is 1.93. The third-order valence-corrected chi connectivity index (χ3v) is 3.80. The van der Waals surface area contributed by atoms with E-state index in [1.54, 1.807) is 17.4 Å². The van der Waals surface area contributed by atoms with Crippen molar-refractivity contribution in [3.05, 3.63) is 65.5 Å². The first-order chi connectivity index (χ1) is 9.83. The lowest BCUT2D eigenvalue weighted by molar-refractivity contribution is 0.469. The molecule has 0 aliphatic heterocycles. The van der Waals surface area contributed by atoms with Crippen molar-refractivity contribution in [2.45, 2.75) is 6.54 Å². The van der Waals surface area contributed by atoms with Gasteiger partial charge in [-0.1, -0.05) is 48.5 Å². The average molecular weight is 282 g/mol. The van der Waals surface area contributed by atoms with Gasteiger partial charge in [-0.05, 0) is 6.07 Å². The summed E-state index contributed by atoms with van der Waals surface area (Å²) in [5.74, 6) is 0.305. The van der Waals surface area contributed by atoms with Crippen molar-refractivity contribution in [2.75, 3.05) is 5.32 Å². The molecule has 20 heavy (non-hydrogen) atoms. The number of phenolic OH excluding ortho intramolecular Hbond substituents is 1. The van der Waals surface area contributed by atoms with Crippen LogP contribution in [0.25, 0.3) is 11.3 Å². The zero-order chi connectivity index (χ0) is 13.8. The molecule has 0 saturated heterocycles. The lowest BCUT2D eigenvalue weighted by Crippen LogP contribution is -1.99. The standard InChI is InChI=1S/C16H14N2OS/c19-15-9-5-4-8-13(15)10-17-16-18-14(11-20-16)12-6-2-1-3-7-12/h1-9,11,19H,10H2,(H,17,18). The van der Waals surface area contributed by atoms with Crippen molar-refractivity contribution in [1.82, 2.24) is 4.98 Å². The van der Waals surface area contributed by atoms with Crippen LogP contribution in [-0.4, -0.2) is 10.1 Å². The summed E-state index contributed by atoms with van der Waals surface area (Å²) in [7, 11) is 0. The van der Waals surface area contributed by atoms with Gasteiger partial charge in [0.2, 0.25) is 0 Å². The van der Waals surface area contributed by atoms with Gasteiger partial charge >= 0.3 is 0 Å². The summed E-state index contributed by atoms with van der Waals surface area (Å²) >= 11 is 1.57. The van der Waals surface area contributed by atoms with Crippen LogP contribution in [0.15, 0.2) is 60.0 Å². The molecule has 4 heteroatoms. The van der Waals surface area contributed by atoms with Gasteiger partial charge < -0.3 is 10.4 Å². The van der Waals surface area contributed by atoms with Crippen LogP contribution in [0.5, 0.6) is 5.75 Å². The first-order valence-electron chi connectivity index (χ1n) is 6.34. The highest BCUT2D eigenvalue weighted by atomic mass is 32.1. The third-order valence-electron chi connectivity index (χ3n) is 3.00. The van der Waals surface area contributed by atoms with Crippen molar-refractivity contribution in [2.24, 2.45) is 0 Å². The second-order valence-electron chi connectivity index (χ2n) is 4.39. The van der Waals surface area contributed by atoms with Gasteiger partial charge in [-0.25, -0.2) is 4.98 Å². The van der Waals surface area contributed by atoms with Crippen LogP contribution >= 0.6 is 11.3 Å². The predicted octanol–water partition coefficient (Wildman–Crippen LogP) is 4.13. The Bertz CT molecular complexity index is 694. The zero-order valence-corrected chi connectivity index (χ0v) is 11.6. The van der Waals surface area contributed by atoms with Crippen molar-refractivity contribution in [3.63, 3.8) is 0 Å². The van der Waals surface area contributed by atoms with E-state index in [9.17, 15) is 5.11 Å². The Balaban J connectivity index is 1.71. The van der Waals surface area contributed by atoms with E-state index in [1.165, 1.54) is 0 Å². The number of benzene rings is 2.